The first kappa shape index (κ1) is 20.7. The van der Waals surface area contributed by atoms with Crippen molar-refractivity contribution in [2.75, 3.05) is 29.4 Å². The van der Waals surface area contributed by atoms with Crippen molar-refractivity contribution in [3.8, 4) is 6.07 Å². The van der Waals surface area contributed by atoms with Crippen LogP contribution in [0.25, 0.3) is 0 Å². The van der Waals surface area contributed by atoms with Crippen molar-refractivity contribution in [3.63, 3.8) is 0 Å². The number of amides is 1. The molecular weight excluding hydrogens is 394 g/mol. The van der Waals surface area contributed by atoms with Crippen LogP contribution in [0.2, 0.25) is 0 Å². The van der Waals surface area contributed by atoms with Gasteiger partial charge in [0.25, 0.3) is 5.69 Å². The number of hydrogen-bond donors (Lipinski definition) is 1. The van der Waals surface area contributed by atoms with Crippen molar-refractivity contribution in [1.29, 1.82) is 5.26 Å². The van der Waals surface area contributed by atoms with Gasteiger partial charge in [-0.2, -0.15) is 5.26 Å². The number of nitro groups is 1. The van der Waals surface area contributed by atoms with Crippen LogP contribution in [-0.2, 0) is 11.2 Å². The summed E-state index contributed by atoms with van der Waals surface area (Å²) in [5, 5.41) is 23.8. The van der Waals surface area contributed by atoms with E-state index >= 15 is 0 Å². The minimum atomic E-state index is -0.397. The lowest BCUT2D eigenvalue weighted by Gasteiger charge is -2.49. The van der Waals surface area contributed by atoms with E-state index in [1.165, 1.54) is 6.07 Å². The molecule has 8 heteroatoms. The number of nitrogens with zero attached hydrogens (tertiary/aromatic N) is 4. The number of anilines is 2. The molecule has 0 aliphatic carbocycles. The zero-order chi connectivity index (χ0) is 22.1. The summed E-state index contributed by atoms with van der Waals surface area (Å²) in [6, 6.07) is 14.6. The molecule has 2 aliphatic rings. The van der Waals surface area contributed by atoms with Crippen LogP contribution in [0.5, 0.6) is 0 Å². The normalized spacial score (nSPS) is 19.9. The van der Waals surface area contributed by atoms with E-state index in [1.807, 2.05) is 32.0 Å². The summed E-state index contributed by atoms with van der Waals surface area (Å²) in [5.74, 6) is -0.383. The Kier molecular flexibility index (Phi) is 5.51. The summed E-state index contributed by atoms with van der Waals surface area (Å²) >= 11 is 0. The number of para-hydroxylation sites is 1. The van der Waals surface area contributed by atoms with Crippen LogP contribution in [0.1, 0.15) is 25.0 Å². The van der Waals surface area contributed by atoms with Crippen molar-refractivity contribution in [2.24, 2.45) is 5.92 Å². The number of nitrogens with one attached hydrogen (secondary N) is 1. The van der Waals surface area contributed by atoms with Crippen LogP contribution in [-0.4, -0.2) is 42.5 Å². The summed E-state index contributed by atoms with van der Waals surface area (Å²) < 4.78 is 0. The Bertz CT molecular complexity index is 1060. The SMILES string of the molecule is CC(C)NC(=O)[C@H]1Cc2cc([N+](=O)[O-])ccc2N2CCN(c3ccccc3C#N)C[C@@H]12. The third-order valence-corrected chi connectivity index (χ3v) is 6.04. The number of hydrogen-bond acceptors (Lipinski definition) is 6. The molecule has 0 unspecified atom stereocenters. The highest BCUT2D eigenvalue weighted by Crippen LogP contribution is 2.39. The van der Waals surface area contributed by atoms with E-state index in [2.05, 4.69) is 21.2 Å². The highest BCUT2D eigenvalue weighted by molar-refractivity contribution is 5.83. The molecule has 0 bridgehead atoms. The van der Waals surface area contributed by atoms with Gasteiger partial charge in [0.05, 0.1) is 28.1 Å². The average Bonchev–Trinajstić information content (AvgIpc) is 2.77. The third kappa shape index (κ3) is 3.91. The van der Waals surface area contributed by atoms with Crippen LogP contribution >= 0.6 is 0 Å². The van der Waals surface area contributed by atoms with Crippen molar-refractivity contribution in [3.05, 3.63) is 63.7 Å². The van der Waals surface area contributed by atoms with E-state index in [0.29, 0.717) is 31.6 Å². The number of benzene rings is 2. The maximum atomic E-state index is 13.1. The monoisotopic (exact) mass is 419 g/mol. The van der Waals surface area contributed by atoms with Crippen molar-refractivity contribution in [2.45, 2.75) is 32.4 Å². The molecule has 0 spiro atoms. The largest absolute Gasteiger partial charge is 0.367 e. The highest BCUT2D eigenvalue weighted by Gasteiger charge is 2.42. The van der Waals surface area contributed by atoms with Crippen LogP contribution in [0.3, 0.4) is 0 Å². The molecule has 0 radical (unpaired) electrons. The Morgan fingerprint density at radius 3 is 2.71 bits per heavy atom. The molecule has 1 N–H and O–H groups in total. The molecule has 1 saturated heterocycles. The second-order valence-electron chi connectivity index (χ2n) is 8.38. The number of nitriles is 1. The number of rotatable bonds is 4. The Hall–Kier alpha value is -3.60. The first-order chi connectivity index (χ1) is 14.9. The van der Waals surface area contributed by atoms with Crippen LogP contribution < -0.4 is 15.1 Å². The van der Waals surface area contributed by atoms with E-state index in [9.17, 15) is 20.2 Å². The van der Waals surface area contributed by atoms with Gasteiger partial charge in [-0.25, -0.2) is 0 Å². The quantitative estimate of drug-likeness (QED) is 0.604. The third-order valence-electron chi connectivity index (χ3n) is 6.04. The molecule has 1 fully saturated rings. The van der Waals surface area contributed by atoms with Gasteiger partial charge in [0, 0.05) is 43.5 Å². The molecule has 1 amide bonds. The van der Waals surface area contributed by atoms with Crippen molar-refractivity contribution in [1.82, 2.24) is 5.32 Å². The molecule has 0 aromatic heterocycles. The molecule has 4 rings (SSSR count). The molecule has 8 nitrogen and oxygen atoms in total. The summed E-state index contributed by atoms with van der Waals surface area (Å²) in [5.41, 5.74) is 3.33. The summed E-state index contributed by atoms with van der Waals surface area (Å²) in [7, 11) is 0. The smallest absolute Gasteiger partial charge is 0.269 e. The first-order valence-electron chi connectivity index (χ1n) is 10.5. The van der Waals surface area contributed by atoms with Gasteiger partial charge >= 0.3 is 0 Å². The standard InChI is InChI=1S/C23H25N5O3/c1-15(2)25-23(29)19-12-17-11-18(28(30)31)7-8-21(17)27-10-9-26(14-22(19)27)20-6-4-3-5-16(20)13-24/h3-8,11,15,19,22H,9-10,12,14H2,1-2H3,(H,25,29)/t19-,22-/m0/s1. The molecule has 2 aliphatic heterocycles. The Labute approximate surface area is 181 Å². The molecule has 2 heterocycles. The lowest BCUT2D eigenvalue weighted by Crippen LogP contribution is -2.61. The van der Waals surface area contributed by atoms with Crippen molar-refractivity contribution < 1.29 is 9.72 Å². The maximum Gasteiger partial charge on any atom is 0.269 e. The van der Waals surface area contributed by atoms with Gasteiger partial charge < -0.3 is 15.1 Å². The zero-order valence-corrected chi connectivity index (χ0v) is 17.6. The van der Waals surface area contributed by atoms with Gasteiger partial charge in [-0.3, -0.25) is 14.9 Å². The number of carbonyl (C=O) groups is 1. The van der Waals surface area contributed by atoms with Gasteiger partial charge in [-0.1, -0.05) is 12.1 Å². The minimum absolute atomic E-state index is 0.00599. The lowest BCUT2D eigenvalue weighted by molar-refractivity contribution is -0.384. The van der Waals surface area contributed by atoms with Crippen LogP contribution in [0, 0.1) is 27.4 Å². The molecule has 0 saturated carbocycles. The first-order valence-corrected chi connectivity index (χ1v) is 10.5. The number of fused-ring (bicyclic) bond motifs is 3. The Morgan fingerprint density at radius 1 is 1.23 bits per heavy atom. The molecule has 31 heavy (non-hydrogen) atoms. The highest BCUT2D eigenvalue weighted by atomic mass is 16.6. The van der Waals surface area contributed by atoms with E-state index in [1.54, 1.807) is 18.2 Å². The van der Waals surface area contributed by atoms with Gasteiger partial charge in [0.2, 0.25) is 5.91 Å². The predicted octanol–water partition coefficient (Wildman–Crippen LogP) is 2.86. The number of piperazine rings is 1. The van der Waals surface area contributed by atoms with Gasteiger partial charge in [-0.05, 0) is 44.0 Å². The fourth-order valence-corrected chi connectivity index (χ4v) is 4.68. The van der Waals surface area contributed by atoms with E-state index < -0.39 is 4.92 Å². The van der Waals surface area contributed by atoms with Crippen LogP contribution in [0.4, 0.5) is 17.1 Å². The van der Waals surface area contributed by atoms with E-state index in [0.717, 1.165) is 16.9 Å². The average molecular weight is 419 g/mol. The maximum absolute atomic E-state index is 13.1. The number of non-ortho nitro benzene ring substituents is 1. The predicted molar refractivity (Wildman–Crippen MR) is 118 cm³/mol. The zero-order valence-electron chi connectivity index (χ0n) is 17.6. The second-order valence-corrected chi connectivity index (χ2v) is 8.38. The summed E-state index contributed by atoms with van der Waals surface area (Å²) in [6.45, 7) is 5.82. The van der Waals surface area contributed by atoms with E-state index in [-0.39, 0.29) is 29.6 Å². The van der Waals surface area contributed by atoms with Gasteiger partial charge in [0.15, 0.2) is 0 Å². The topological polar surface area (TPSA) is 103 Å². The fraction of sp³-hybridized carbons (Fsp3) is 0.391. The van der Waals surface area contributed by atoms with Gasteiger partial charge in [-0.15, -0.1) is 0 Å². The number of carbonyl (C=O) groups excluding carboxylic acids is 1. The van der Waals surface area contributed by atoms with E-state index in [4.69, 9.17) is 0 Å². The molecule has 2 atom stereocenters. The lowest BCUT2D eigenvalue weighted by atomic mass is 9.83. The Morgan fingerprint density at radius 2 is 2.00 bits per heavy atom. The second kappa shape index (κ2) is 8.26. The summed E-state index contributed by atoms with van der Waals surface area (Å²) in [4.78, 5) is 28.4. The molecule has 2 aromatic rings. The molecule has 160 valence electrons. The fourth-order valence-electron chi connectivity index (χ4n) is 4.68. The Balaban J connectivity index is 1.71. The number of nitro benzene ring substituents is 1. The van der Waals surface area contributed by atoms with Crippen LogP contribution in [0.15, 0.2) is 42.5 Å². The van der Waals surface area contributed by atoms with Gasteiger partial charge in [0.1, 0.15) is 6.07 Å². The minimum Gasteiger partial charge on any atom is -0.367 e. The summed E-state index contributed by atoms with van der Waals surface area (Å²) in [6.07, 6.45) is 0.449. The molecular formula is C23H25N5O3. The van der Waals surface area contributed by atoms with Crippen molar-refractivity contribution >= 4 is 23.0 Å². The molecule has 2 aromatic carbocycles.